The lowest BCUT2D eigenvalue weighted by molar-refractivity contribution is -0.127. The summed E-state index contributed by atoms with van der Waals surface area (Å²) in [7, 11) is 0. The van der Waals surface area contributed by atoms with Crippen molar-refractivity contribution in [2.75, 3.05) is 13.1 Å². The van der Waals surface area contributed by atoms with Gasteiger partial charge < -0.3 is 5.32 Å². The number of piperidine rings is 1. The first-order valence-electron chi connectivity index (χ1n) is 9.44. The minimum Gasteiger partial charge on any atom is -0.353 e. The number of carbonyl (C=O) groups is 1. The lowest BCUT2D eigenvalue weighted by atomic mass is 9.92. The van der Waals surface area contributed by atoms with E-state index in [9.17, 15) is 4.79 Å². The van der Waals surface area contributed by atoms with Gasteiger partial charge in [0.25, 0.3) is 0 Å². The van der Waals surface area contributed by atoms with Gasteiger partial charge in [-0.05, 0) is 74.7 Å². The summed E-state index contributed by atoms with van der Waals surface area (Å²) in [6, 6.07) is 8.56. The van der Waals surface area contributed by atoms with E-state index >= 15 is 0 Å². The summed E-state index contributed by atoms with van der Waals surface area (Å²) in [6.07, 6.45) is 7.27. The van der Waals surface area contributed by atoms with Crippen molar-refractivity contribution in [3.8, 4) is 0 Å². The van der Waals surface area contributed by atoms with Gasteiger partial charge in [0.15, 0.2) is 0 Å². The SMILES string of the molecule is O=C(NC1CC2CCC1C2)C1CCN(Cc2ccc(Cl)cc2)CC1. The molecule has 2 bridgehead atoms. The molecule has 3 fully saturated rings. The fourth-order valence-corrected chi connectivity index (χ4v) is 5.05. The van der Waals surface area contributed by atoms with E-state index in [-0.39, 0.29) is 5.92 Å². The molecule has 1 amide bonds. The zero-order valence-corrected chi connectivity index (χ0v) is 15.0. The molecule has 0 spiro atoms. The molecular formula is C20H27ClN2O. The fourth-order valence-electron chi connectivity index (χ4n) is 4.92. The van der Waals surface area contributed by atoms with E-state index in [1.54, 1.807) is 0 Å². The van der Waals surface area contributed by atoms with Gasteiger partial charge in [-0.3, -0.25) is 9.69 Å². The summed E-state index contributed by atoms with van der Waals surface area (Å²) >= 11 is 5.94. The zero-order valence-electron chi connectivity index (χ0n) is 14.2. The molecule has 4 heteroatoms. The van der Waals surface area contributed by atoms with Gasteiger partial charge >= 0.3 is 0 Å². The predicted molar refractivity (Wildman–Crippen MR) is 96.8 cm³/mol. The maximum atomic E-state index is 12.6. The van der Waals surface area contributed by atoms with Gasteiger partial charge in [-0.2, -0.15) is 0 Å². The Labute approximate surface area is 149 Å². The Morgan fingerprint density at radius 2 is 1.83 bits per heavy atom. The number of nitrogens with one attached hydrogen (secondary N) is 1. The van der Waals surface area contributed by atoms with E-state index in [4.69, 9.17) is 11.6 Å². The molecule has 1 heterocycles. The quantitative estimate of drug-likeness (QED) is 0.897. The van der Waals surface area contributed by atoms with E-state index < -0.39 is 0 Å². The Balaban J connectivity index is 1.23. The van der Waals surface area contributed by atoms with Crippen LogP contribution in [-0.2, 0) is 11.3 Å². The number of carbonyl (C=O) groups excluding carboxylic acids is 1. The average molecular weight is 347 g/mol. The van der Waals surface area contributed by atoms with Gasteiger partial charge in [-0.1, -0.05) is 30.2 Å². The fraction of sp³-hybridized carbons (Fsp3) is 0.650. The van der Waals surface area contributed by atoms with Crippen LogP contribution in [0.25, 0.3) is 0 Å². The van der Waals surface area contributed by atoms with Gasteiger partial charge in [0.1, 0.15) is 0 Å². The highest BCUT2D eigenvalue weighted by Gasteiger charge is 2.40. The van der Waals surface area contributed by atoms with Crippen LogP contribution in [0.5, 0.6) is 0 Å². The Bertz CT molecular complexity index is 580. The molecule has 3 atom stereocenters. The van der Waals surface area contributed by atoms with E-state index in [1.807, 2.05) is 12.1 Å². The lowest BCUT2D eigenvalue weighted by Crippen LogP contribution is -2.45. The number of benzene rings is 1. The summed E-state index contributed by atoms with van der Waals surface area (Å²) in [5.41, 5.74) is 1.30. The molecule has 24 heavy (non-hydrogen) atoms. The van der Waals surface area contributed by atoms with Gasteiger partial charge in [0, 0.05) is 23.5 Å². The van der Waals surface area contributed by atoms with Crippen molar-refractivity contribution < 1.29 is 4.79 Å². The van der Waals surface area contributed by atoms with Crippen molar-refractivity contribution in [3.63, 3.8) is 0 Å². The van der Waals surface area contributed by atoms with Crippen LogP contribution >= 0.6 is 11.6 Å². The first-order chi connectivity index (χ1) is 11.7. The van der Waals surface area contributed by atoms with Crippen LogP contribution in [0.15, 0.2) is 24.3 Å². The maximum Gasteiger partial charge on any atom is 0.223 e. The molecule has 1 aromatic carbocycles. The minimum absolute atomic E-state index is 0.214. The van der Waals surface area contributed by atoms with Gasteiger partial charge in [0.2, 0.25) is 5.91 Å². The summed E-state index contributed by atoms with van der Waals surface area (Å²) in [4.78, 5) is 15.0. The van der Waals surface area contributed by atoms with Crippen molar-refractivity contribution in [2.24, 2.45) is 17.8 Å². The highest BCUT2D eigenvalue weighted by atomic mass is 35.5. The average Bonchev–Trinajstić information content (AvgIpc) is 3.20. The predicted octanol–water partition coefficient (Wildman–Crippen LogP) is 3.86. The molecule has 1 saturated heterocycles. The number of hydrogen-bond donors (Lipinski definition) is 1. The second-order valence-corrected chi connectivity index (χ2v) is 8.40. The van der Waals surface area contributed by atoms with Crippen LogP contribution in [0.1, 0.15) is 44.1 Å². The highest BCUT2D eigenvalue weighted by Crippen LogP contribution is 2.44. The van der Waals surface area contributed by atoms with Crippen LogP contribution < -0.4 is 5.32 Å². The third-order valence-corrected chi connectivity index (χ3v) is 6.60. The Hall–Kier alpha value is -1.06. The third-order valence-electron chi connectivity index (χ3n) is 6.34. The smallest absolute Gasteiger partial charge is 0.223 e. The number of nitrogens with zero attached hydrogens (tertiary/aromatic N) is 1. The monoisotopic (exact) mass is 346 g/mol. The molecule has 3 nitrogen and oxygen atoms in total. The second-order valence-electron chi connectivity index (χ2n) is 7.97. The van der Waals surface area contributed by atoms with Crippen LogP contribution in [0, 0.1) is 17.8 Å². The van der Waals surface area contributed by atoms with Crippen LogP contribution in [0.2, 0.25) is 5.02 Å². The summed E-state index contributed by atoms with van der Waals surface area (Å²) in [6.45, 7) is 2.98. The molecule has 3 aliphatic rings. The van der Waals surface area contributed by atoms with E-state index in [1.165, 1.54) is 31.2 Å². The standard InChI is InChI=1S/C20H27ClN2O/c21-18-5-2-14(3-6-18)13-23-9-7-16(8-10-23)20(24)22-19-12-15-1-4-17(19)11-15/h2-3,5-6,15-17,19H,1,4,7-13H2,(H,22,24). The van der Waals surface area contributed by atoms with Crippen molar-refractivity contribution in [3.05, 3.63) is 34.9 Å². The normalized spacial score (nSPS) is 30.6. The summed E-state index contributed by atoms with van der Waals surface area (Å²) < 4.78 is 0. The topological polar surface area (TPSA) is 32.3 Å². The Morgan fingerprint density at radius 3 is 2.46 bits per heavy atom. The lowest BCUT2D eigenvalue weighted by Gasteiger charge is -2.32. The molecule has 1 N–H and O–H groups in total. The van der Waals surface area contributed by atoms with Gasteiger partial charge in [-0.25, -0.2) is 0 Å². The number of amides is 1. The number of fused-ring (bicyclic) bond motifs is 2. The van der Waals surface area contributed by atoms with Gasteiger partial charge in [-0.15, -0.1) is 0 Å². The number of hydrogen-bond acceptors (Lipinski definition) is 2. The third kappa shape index (κ3) is 3.62. The first-order valence-corrected chi connectivity index (χ1v) is 9.82. The Morgan fingerprint density at radius 1 is 1.08 bits per heavy atom. The van der Waals surface area contributed by atoms with Crippen molar-refractivity contribution in [1.29, 1.82) is 0 Å². The van der Waals surface area contributed by atoms with Crippen LogP contribution in [0.3, 0.4) is 0 Å². The molecule has 2 saturated carbocycles. The van der Waals surface area contributed by atoms with Crippen LogP contribution in [0.4, 0.5) is 0 Å². The highest BCUT2D eigenvalue weighted by molar-refractivity contribution is 6.30. The van der Waals surface area contributed by atoms with Crippen molar-refractivity contribution >= 4 is 17.5 Å². The zero-order chi connectivity index (χ0) is 16.5. The number of halogens is 1. The minimum atomic E-state index is 0.214. The van der Waals surface area contributed by atoms with Crippen molar-refractivity contribution in [1.82, 2.24) is 10.2 Å². The van der Waals surface area contributed by atoms with E-state index in [2.05, 4.69) is 22.3 Å². The van der Waals surface area contributed by atoms with Gasteiger partial charge in [0.05, 0.1) is 0 Å². The molecule has 4 rings (SSSR count). The number of rotatable bonds is 4. The summed E-state index contributed by atoms with van der Waals surface area (Å²) in [5, 5.41) is 4.17. The Kier molecular flexibility index (Phi) is 4.82. The molecule has 0 radical (unpaired) electrons. The molecule has 2 aliphatic carbocycles. The first kappa shape index (κ1) is 16.4. The second kappa shape index (κ2) is 7.05. The van der Waals surface area contributed by atoms with E-state index in [0.29, 0.717) is 11.9 Å². The molecule has 130 valence electrons. The molecule has 3 unspecified atom stereocenters. The summed E-state index contributed by atoms with van der Waals surface area (Å²) in [5.74, 6) is 2.19. The molecular weight excluding hydrogens is 320 g/mol. The number of likely N-dealkylation sites (tertiary alicyclic amines) is 1. The van der Waals surface area contributed by atoms with E-state index in [0.717, 1.165) is 49.3 Å². The maximum absolute atomic E-state index is 12.6. The van der Waals surface area contributed by atoms with Crippen molar-refractivity contribution in [2.45, 2.75) is 51.1 Å². The molecule has 1 aromatic rings. The van der Waals surface area contributed by atoms with Crippen LogP contribution in [-0.4, -0.2) is 29.9 Å². The molecule has 0 aromatic heterocycles. The largest absolute Gasteiger partial charge is 0.353 e. The molecule has 1 aliphatic heterocycles.